The molecule has 0 radical (unpaired) electrons. The predicted octanol–water partition coefficient (Wildman–Crippen LogP) is 3.92. The molecule has 3 unspecified atom stereocenters. The summed E-state index contributed by atoms with van der Waals surface area (Å²) in [7, 11) is 1.44. The first-order chi connectivity index (χ1) is 14.4. The van der Waals surface area contributed by atoms with Gasteiger partial charge >= 0.3 is 0 Å². The number of methoxy groups -OCH3 is 1. The van der Waals surface area contributed by atoms with Crippen LogP contribution in [0.3, 0.4) is 0 Å². The molecule has 2 rings (SSSR count). The summed E-state index contributed by atoms with van der Waals surface area (Å²) in [6.45, 7) is 5.62. The Kier molecular flexibility index (Phi) is 9.02. The molecule has 0 fully saturated rings. The van der Waals surface area contributed by atoms with E-state index in [2.05, 4.69) is 10.6 Å². The fraction of sp³-hybridized carbons (Fsp3) is 0.417. The van der Waals surface area contributed by atoms with E-state index in [1.165, 1.54) is 7.11 Å². The minimum Gasteiger partial charge on any atom is -0.396 e. The van der Waals surface area contributed by atoms with Crippen molar-refractivity contribution in [1.29, 1.82) is 0 Å². The summed E-state index contributed by atoms with van der Waals surface area (Å²) in [5, 5.41) is 15.7. The number of aliphatic hydroxyl groups is 1. The van der Waals surface area contributed by atoms with Crippen LogP contribution in [-0.4, -0.2) is 36.7 Å². The van der Waals surface area contributed by atoms with E-state index in [9.17, 15) is 14.7 Å². The van der Waals surface area contributed by atoms with Crippen LogP contribution in [0.25, 0.3) is 0 Å². The average molecular weight is 413 g/mol. The summed E-state index contributed by atoms with van der Waals surface area (Å²) in [4.78, 5) is 25.5. The zero-order valence-corrected chi connectivity index (χ0v) is 18.1. The van der Waals surface area contributed by atoms with Crippen LogP contribution >= 0.6 is 0 Å². The number of benzene rings is 2. The van der Waals surface area contributed by atoms with Gasteiger partial charge in [-0.15, -0.1) is 0 Å². The number of aliphatic hydroxyl groups excluding tert-OH is 1. The minimum absolute atomic E-state index is 0.131. The third kappa shape index (κ3) is 6.68. The highest BCUT2D eigenvalue weighted by Gasteiger charge is 2.32. The first-order valence-electron chi connectivity index (χ1n) is 10.3. The van der Waals surface area contributed by atoms with E-state index in [-0.39, 0.29) is 24.3 Å². The van der Waals surface area contributed by atoms with Gasteiger partial charge in [0, 0.05) is 36.9 Å². The average Bonchev–Trinajstić information content (AvgIpc) is 2.74. The molecule has 162 valence electrons. The summed E-state index contributed by atoms with van der Waals surface area (Å²) in [6, 6.07) is 15.0. The maximum atomic E-state index is 12.7. The topological polar surface area (TPSA) is 87.7 Å². The van der Waals surface area contributed by atoms with Gasteiger partial charge in [-0.25, -0.2) is 0 Å². The highest BCUT2D eigenvalue weighted by Crippen LogP contribution is 2.23. The fourth-order valence-corrected chi connectivity index (χ4v) is 3.36. The lowest BCUT2D eigenvalue weighted by molar-refractivity contribution is -0.132. The van der Waals surface area contributed by atoms with Gasteiger partial charge in [0.2, 0.25) is 5.91 Å². The molecule has 2 aromatic rings. The summed E-state index contributed by atoms with van der Waals surface area (Å²) < 4.78 is 5.41. The molecule has 0 aliphatic heterocycles. The van der Waals surface area contributed by atoms with Crippen LogP contribution in [0.15, 0.2) is 48.5 Å². The van der Waals surface area contributed by atoms with Crippen LogP contribution in [-0.2, 0) is 14.3 Å². The van der Waals surface area contributed by atoms with Gasteiger partial charge in [-0.3, -0.25) is 9.59 Å². The molecule has 30 heavy (non-hydrogen) atoms. The maximum absolute atomic E-state index is 12.7. The van der Waals surface area contributed by atoms with Crippen molar-refractivity contribution < 1.29 is 19.4 Å². The molecule has 0 heterocycles. The number of amides is 2. The number of carbonyl (C=O) groups is 2. The molecule has 3 atom stereocenters. The SMILES string of the molecule is CCC(CC(CO)C(OC)C(=O)Nc1ccc(C)cc1)C(=O)Nc1ccc(C)cc1. The molecule has 6 nitrogen and oxygen atoms in total. The number of rotatable bonds is 10. The smallest absolute Gasteiger partial charge is 0.253 e. The molecule has 2 aromatic carbocycles. The Morgan fingerprint density at radius 3 is 1.77 bits per heavy atom. The second kappa shape index (κ2) is 11.5. The summed E-state index contributed by atoms with van der Waals surface area (Å²) >= 11 is 0. The van der Waals surface area contributed by atoms with E-state index in [0.717, 1.165) is 16.8 Å². The lowest BCUT2D eigenvalue weighted by Crippen LogP contribution is -2.40. The van der Waals surface area contributed by atoms with E-state index in [0.29, 0.717) is 18.5 Å². The van der Waals surface area contributed by atoms with Crippen LogP contribution < -0.4 is 10.6 Å². The van der Waals surface area contributed by atoms with E-state index >= 15 is 0 Å². The van der Waals surface area contributed by atoms with Gasteiger partial charge in [0.15, 0.2) is 0 Å². The molecule has 0 saturated heterocycles. The monoisotopic (exact) mass is 412 g/mol. The van der Waals surface area contributed by atoms with E-state index < -0.39 is 12.0 Å². The molecular weight excluding hydrogens is 380 g/mol. The molecule has 0 spiro atoms. The minimum atomic E-state index is -0.863. The second-order valence-electron chi connectivity index (χ2n) is 7.65. The lowest BCUT2D eigenvalue weighted by Gasteiger charge is -2.27. The van der Waals surface area contributed by atoms with Gasteiger partial charge in [-0.05, 0) is 51.0 Å². The van der Waals surface area contributed by atoms with Crippen molar-refractivity contribution in [3.63, 3.8) is 0 Å². The van der Waals surface area contributed by atoms with Gasteiger partial charge < -0.3 is 20.5 Å². The number of aryl methyl sites for hydroxylation is 2. The maximum Gasteiger partial charge on any atom is 0.253 e. The Labute approximate surface area is 178 Å². The van der Waals surface area contributed by atoms with Gasteiger partial charge in [-0.1, -0.05) is 42.3 Å². The third-order valence-electron chi connectivity index (χ3n) is 5.26. The largest absolute Gasteiger partial charge is 0.396 e. The van der Waals surface area contributed by atoms with Gasteiger partial charge in [0.1, 0.15) is 6.10 Å². The molecule has 0 aromatic heterocycles. The molecular formula is C24H32N2O4. The predicted molar refractivity (Wildman–Crippen MR) is 119 cm³/mol. The van der Waals surface area contributed by atoms with Crippen LogP contribution in [0.4, 0.5) is 11.4 Å². The van der Waals surface area contributed by atoms with Crippen molar-refractivity contribution in [2.75, 3.05) is 24.4 Å². The molecule has 0 bridgehead atoms. The number of hydrogen-bond donors (Lipinski definition) is 3. The highest BCUT2D eigenvalue weighted by atomic mass is 16.5. The standard InChI is InChI=1S/C24H32N2O4/c1-5-18(23(28)25-20-10-6-16(2)7-11-20)14-19(15-27)22(30-4)24(29)26-21-12-8-17(3)9-13-21/h6-13,18-19,22,27H,5,14-15H2,1-4H3,(H,25,28)(H,26,29). The molecule has 0 aliphatic rings. The summed E-state index contributed by atoms with van der Waals surface area (Å²) in [6.07, 6.45) is 0.0619. The first-order valence-corrected chi connectivity index (χ1v) is 10.3. The molecule has 0 saturated carbocycles. The summed E-state index contributed by atoms with van der Waals surface area (Å²) in [5.74, 6) is -1.33. The van der Waals surface area contributed by atoms with E-state index in [1.807, 2.05) is 69.3 Å². The Bertz CT molecular complexity index is 818. The second-order valence-corrected chi connectivity index (χ2v) is 7.65. The van der Waals surface area contributed by atoms with Crippen molar-refractivity contribution in [3.05, 3.63) is 59.7 Å². The Morgan fingerprint density at radius 1 is 0.900 bits per heavy atom. The molecule has 3 N–H and O–H groups in total. The van der Waals surface area contributed by atoms with Crippen LogP contribution in [0.5, 0.6) is 0 Å². The van der Waals surface area contributed by atoms with Crippen molar-refractivity contribution in [2.24, 2.45) is 11.8 Å². The van der Waals surface area contributed by atoms with Crippen molar-refractivity contribution >= 4 is 23.2 Å². The van der Waals surface area contributed by atoms with Crippen LogP contribution in [0.1, 0.15) is 30.9 Å². The molecule has 6 heteroatoms. The number of nitrogens with one attached hydrogen (secondary N) is 2. The number of ether oxygens (including phenoxy) is 1. The lowest BCUT2D eigenvalue weighted by atomic mass is 9.88. The molecule has 0 aliphatic carbocycles. The summed E-state index contributed by atoms with van der Waals surface area (Å²) in [5.41, 5.74) is 3.59. The van der Waals surface area contributed by atoms with Gasteiger partial charge in [0.25, 0.3) is 5.91 Å². The van der Waals surface area contributed by atoms with E-state index in [1.54, 1.807) is 0 Å². The third-order valence-corrected chi connectivity index (χ3v) is 5.26. The van der Waals surface area contributed by atoms with Crippen LogP contribution in [0, 0.1) is 25.7 Å². The quantitative estimate of drug-likeness (QED) is 0.552. The van der Waals surface area contributed by atoms with Gasteiger partial charge in [0.05, 0.1) is 0 Å². The van der Waals surface area contributed by atoms with Crippen molar-refractivity contribution in [3.8, 4) is 0 Å². The highest BCUT2D eigenvalue weighted by molar-refractivity contribution is 5.95. The van der Waals surface area contributed by atoms with Crippen molar-refractivity contribution in [1.82, 2.24) is 0 Å². The van der Waals surface area contributed by atoms with Gasteiger partial charge in [-0.2, -0.15) is 0 Å². The number of anilines is 2. The fourth-order valence-electron chi connectivity index (χ4n) is 3.36. The Hall–Kier alpha value is -2.70. The molecule has 2 amide bonds. The first kappa shape index (κ1) is 23.6. The zero-order valence-electron chi connectivity index (χ0n) is 18.1. The zero-order chi connectivity index (χ0) is 22.1. The Morgan fingerprint density at radius 2 is 1.37 bits per heavy atom. The van der Waals surface area contributed by atoms with Crippen LogP contribution in [0.2, 0.25) is 0 Å². The normalized spacial score (nSPS) is 13.9. The Balaban J connectivity index is 2.04. The number of hydrogen-bond acceptors (Lipinski definition) is 4. The van der Waals surface area contributed by atoms with Crippen molar-refractivity contribution in [2.45, 2.75) is 39.7 Å². The number of carbonyl (C=O) groups excluding carboxylic acids is 2. The van der Waals surface area contributed by atoms with E-state index in [4.69, 9.17) is 4.74 Å².